The molecule has 0 spiro atoms. The van der Waals surface area contributed by atoms with Gasteiger partial charge in [0, 0.05) is 23.2 Å². The van der Waals surface area contributed by atoms with Gasteiger partial charge in [0.05, 0.1) is 9.98 Å². The van der Waals surface area contributed by atoms with Crippen molar-refractivity contribution in [1.29, 1.82) is 0 Å². The number of halogens is 2. The van der Waals surface area contributed by atoms with Crippen LogP contribution in [0, 0.1) is 0 Å². The molecule has 2 rings (SSSR count). The summed E-state index contributed by atoms with van der Waals surface area (Å²) in [5, 5.41) is 2.02. The monoisotopic (exact) mass is 291 g/mol. The van der Waals surface area contributed by atoms with E-state index in [0.29, 0.717) is 18.2 Å². The number of alkyl halides is 1. The summed E-state index contributed by atoms with van der Waals surface area (Å²) in [6.07, 6.45) is 2.41. The SMILES string of the molecule is ClCCc1ncc(-c2csc(Br)c2)o1. The Morgan fingerprint density at radius 1 is 1.57 bits per heavy atom. The maximum atomic E-state index is 5.59. The molecular weight excluding hydrogens is 286 g/mol. The van der Waals surface area contributed by atoms with Gasteiger partial charge in [-0.1, -0.05) is 0 Å². The van der Waals surface area contributed by atoms with E-state index in [2.05, 4.69) is 20.9 Å². The van der Waals surface area contributed by atoms with Crippen LogP contribution in [-0.2, 0) is 6.42 Å². The maximum Gasteiger partial charge on any atom is 0.196 e. The summed E-state index contributed by atoms with van der Waals surface area (Å²) in [5.41, 5.74) is 1.05. The van der Waals surface area contributed by atoms with E-state index in [9.17, 15) is 0 Å². The van der Waals surface area contributed by atoms with E-state index in [-0.39, 0.29) is 0 Å². The van der Waals surface area contributed by atoms with Crippen molar-refractivity contribution in [3.05, 3.63) is 27.3 Å². The molecule has 5 heteroatoms. The minimum Gasteiger partial charge on any atom is -0.441 e. The Labute approximate surface area is 99.0 Å². The van der Waals surface area contributed by atoms with Crippen LogP contribution in [-0.4, -0.2) is 10.9 Å². The number of hydrogen-bond donors (Lipinski definition) is 0. The molecule has 0 saturated heterocycles. The molecular formula is C9H7BrClNOS. The first-order valence-electron chi connectivity index (χ1n) is 4.04. The minimum atomic E-state index is 0.535. The molecule has 2 nitrogen and oxygen atoms in total. The van der Waals surface area contributed by atoms with Gasteiger partial charge in [0.1, 0.15) is 0 Å². The first kappa shape index (κ1) is 10.2. The van der Waals surface area contributed by atoms with Crippen molar-refractivity contribution in [2.75, 3.05) is 5.88 Å². The normalized spacial score (nSPS) is 10.7. The highest BCUT2D eigenvalue weighted by Crippen LogP contribution is 2.29. The summed E-state index contributed by atoms with van der Waals surface area (Å²) < 4.78 is 6.60. The molecule has 0 N–H and O–H groups in total. The Kier molecular flexibility index (Phi) is 3.26. The lowest BCUT2D eigenvalue weighted by Gasteiger charge is -1.89. The average Bonchev–Trinajstić information content (AvgIpc) is 2.74. The quantitative estimate of drug-likeness (QED) is 0.801. The van der Waals surface area contributed by atoms with Crippen molar-refractivity contribution in [2.24, 2.45) is 0 Å². The standard InChI is InChI=1S/C9H7BrClNOS/c10-8-3-6(5-14-8)7-4-12-9(13-7)1-2-11/h3-5H,1-2H2. The molecule has 0 aromatic carbocycles. The van der Waals surface area contributed by atoms with E-state index in [1.807, 2.05) is 11.4 Å². The highest BCUT2D eigenvalue weighted by Gasteiger charge is 2.07. The summed E-state index contributed by atoms with van der Waals surface area (Å²) in [5.74, 6) is 2.03. The summed E-state index contributed by atoms with van der Waals surface area (Å²) >= 11 is 10.6. The van der Waals surface area contributed by atoms with Gasteiger partial charge < -0.3 is 4.42 Å². The van der Waals surface area contributed by atoms with Gasteiger partial charge in [-0.15, -0.1) is 22.9 Å². The van der Waals surface area contributed by atoms with Crippen molar-refractivity contribution < 1.29 is 4.42 Å². The van der Waals surface area contributed by atoms with Crippen molar-refractivity contribution in [3.8, 4) is 11.3 Å². The van der Waals surface area contributed by atoms with Crippen LogP contribution in [0.1, 0.15) is 5.89 Å². The Morgan fingerprint density at radius 3 is 3.07 bits per heavy atom. The molecule has 0 amide bonds. The second-order valence-electron chi connectivity index (χ2n) is 2.70. The predicted octanol–water partition coefficient (Wildman–Crippen LogP) is 3.95. The van der Waals surface area contributed by atoms with Crippen molar-refractivity contribution in [2.45, 2.75) is 6.42 Å². The van der Waals surface area contributed by atoms with Gasteiger partial charge in [0.15, 0.2) is 11.7 Å². The first-order chi connectivity index (χ1) is 6.79. The molecule has 0 fully saturated rings. The van der Waals surface area contributed by atoms with Gasteiger partial charge in [-0.2, -0.15) is 0 Å². The Morgan fingerprint density at radius 2 is 2.43 bits per heavy atom. The molecule has 0 aliphatic carbocycles. The largest absolute Gasteiger partial charge is 0.441 e. The van der Waals surface area contributed by atoms with Gasteiger partial charge in [-0.3, -0.25) is 0 Å². The fourth-order valence-corrected chi connectivity index (χ4v) is 2.39. The van der Waals surface area contributed by atoms with Crippen LogP contribution < -0.4 is 0 Å². The first-order valence-corrected chi connectivity index (χ1v) is 6.25. The zero-order chi connectivity index (χ0) is 9.97. The predicted molar refractivity (Wildman–Crippen MR) is 61.9 cm³/mol. The number of oxazole rings is 1. The number of hydrogen-bond acceptors (Lipinski definition) is 3. The molecule has 0 aliphatic rings. The van der Waals surface area contributed by atoms with Crippen LogP contribution in [0.5, 0.6) is 0 Å². The van der Waals surface area contributed by atoms with Crippen LogP contribution in [0.15, 0.2) is 25.8 Å². The third-order valence-electron chi connectivity index (χ3n) is 1.71. The molecule has 0 bridgehead atoms. The maximum absolute atomic E-state index is 5.59. The number of thiophene rings is 1. The molecule has 0 unspecified atom stereocenters. The van der Waals surface area contributed by atoms with E-state index < -0.39 is 0 Å². The molecule has 0 radical (unpaired) electrons. The van der Waals surface area contributed by atoms with Gasteiger partial charge >= 0.3 is 0 Å². The molecule has 2 heterocycles. The van der Waals surface area contributed by atoms with Crippen molar-refractivity contribution in [3.63, 3.8) is 0 Å². The van der Waals surface area contributed by atoms with E-state index in [4.69, 9.17) is 16.0 Å². The Hall–Kier alpha value is -0.320. The summed E-state index contributed by atoms with van der Waals surface area (Å²) in [7, 11) is 0. The van der Waals surface area contributed by atoms with Crippen LogP contribution in [0.25, 0.3) is 11.3 Å². The molecule has 0 atom stereocenters. The fraction of sp³-hybridized carbons (Fsp3) is 0.222. The number of rotatable bonds is 3. The lowest BCUT2D eigenvalue weighted by molar-refractivity contribution is 0.515. The van der Waals surface area contributed by atoms with E-state index in [0.717, 1.165) is 15.1 Å². The lowest BCUT2D eigenvalue weighted by Crippen LogP contribution is -1.83. The summed E-state index contributed by atoms with van der Waals surface area (Å²) in [6.45, 7) is 0. The zero-order valence-electron chi connectivity index (χ0n) is 7.17. The molecule has 2 aromatic heterocycles. The third-order valence-corrected chi connectivity index (χ3v) is 3.41. The Bertz CT molecular complexity index is 426. The second-order valence-corrected chi connectivity index (χ2v) is 5.37. The van der Waals surface area contributed by atoms with E-state index in [1.54, 1.807) is 17.5 Å². The minimum absolute atomic E-state index is 0.535. The third kappa shape index (κ3) is 2.19. The highest BCUT2D eigenvalue weighted by atomic mass is 79.9. The van der Waals surface area contributed by atoms with Gasteiger partial charge in [0.25, 0.3) is 0 Å². The molecule has 0 saturated carbocycles. The number of nitrogens with zero attached hydrogens (tertiary/aromatic N) is 1. The van der Waals surface area contributed by atoms with Gasteiger partial charge in [-0.05, 0) is 22.0 Å². The van der Waals surface area contributed by atoms with Gasteiger partial charge in [0.2, 0.25) is 0 Å². The summed E-state index contributed by atoms with van der Waals surface area (Å²) in [4.78, 5) is 4.13. The second kappa shape index (κ2) is 4.47. The van der Waals surface area contributed by atoms with E-state index >= 15 is 0 Å². The molecule has 2 aromatic rings. The number of aryl methyl sites for hydroxylation is 1. The van der Waals surface area contributed by atoms with Gasteiger partial charge in [-0.25, -0.2) is 4.98 Å². The van der Waals surface area contributed by atoms with Crippen LogP contribution in [0.2, 0.25) is 0 Å². The van der Waals surface area contributed by atoms with Crippen molar-refractivity contribution >= 4 is 38.9 Å². The van der Waals surface area contributed by atoms with E-state index in [1.165, 1.54) is 0 Å². The van der Waals surface area contributed by atoms with Crippen LogP contribution in [0.4, 0.5) is 0 Å². The van der Waals surface area contributed by atoms with Crippen molar-refractivity contribution in [1.82, 2.24) is 4.98 Å². The molecule has 14 heavy (non-hydrogen) atoms. The average molecular weight is 293 g/mol. The molecule has 74 valence electrons. The smallest absolute Gasteiger partial charge is 0.196 e. The fourth-order valence-electron chi connectivity index (χ4n) is 1.08. The lowest BCUT2D eigenvalue weighted by atomic mass is 10.3. The van der Waals surface area contributed by atoms with Crippen LogP contribution >= 0.6 is 38.9 Å². The Balaban J connectivity index is 2.24. The molecule has 0 aliphatic heterocycles. The summed E-state index contributed by atoms with van der Waals surface area (Å²) in [6, 6.07) is 2.01. The topological polar surface area (TPSA) is 26.0 Å². The number of aromatic nitrogens is 1. The zero-order valence-corrected chi connectivity index (χ0v) is 10.3. The highest BCUT2D eigenvalue weighted by molar-refractivity contribution is 9.11. The van der Waals surface area contributed by atoms with Crippen LogP contribution in [0.3, 0.4) is 0 Å².